The highest BCUT2D eigenvalue weighted by atomic mass is 32.1. The summed E-state index contributed by atoms with van der Waals surface area (Å²) < 4.78 is 2.57. The van der Waals surface area contributed by atoms with Crippen molar-refractivity contribution < 1.29 is 4.79 Å². The number of aromatic amines is 1. The summed E-state index contributed by atoms with van der Waals surface area (Å²) in [6.07, 6.45) is 3.50. The minimum atomic E-state index is -0.579. The van der Waals surface area contributed by atoms with Crippen LogP contribution in [0.4, 0.5) is 0 Å². The van der Waals surface area contributed by atoms with Crippen molar-refractivity contribution in [3.05, 3.63) is 67.4 Å². The third-order valence-corrected chi connectivity index (χ3v) is 6.81. The molecule has 1 aliphatic rings. The second kappa shape index (κ2) is 8.31. The van der Waals surface area contributed by atoms with Crippen LogP contribution in [0.15, 0.2) is 39.9 Å². The number of carbonyl (C=O) groups excluding carboxylic acids is 1. The highest BCUT2D eigenvalue weighted by Crippen LogP contribution is 2.39. The fourth-order valence-corrected chi connectivity index (χ4v) is 4.93. The first-order valence-electron chi connectivity index (χ1n) is 10.9. The van der Waals surface area contributed by atoms with E-state index in [1.54, 1.807) is 17.4 Å². The number of para-hydroxylation sites is 1. The lowest BCUT2D eigenvalue weighted by Crippen LogP contribution is -2.33. The summed E-state index contributed by atoms with van der Waals surface area (Å²) in [6.45, 7) is 2.63. The molecule has 8 nitrogen and oxygen atoms in total. The van der Waals surface area contributed by atoms with Crippen LogP contribution in [0.25, 0.3) is 21.3 Å². The largest absolute Gasteiger partial charge is 0.352 e. The van der Waals surface area contributed by atoms with Gasteiger partial charge >= 0.3 is 5.69 Å². The third kappa shape index (κ3) is 3.84. The SMILES string of the molecule is CCn1c(=O)[nH]c(=O)c2c(C(=O)NCCCc3nc4ccccc4s3)cc(C3CC3)nc21. The lowest BCUT2D eigenvalue weighted by molar-refractivity contribution is 0.0954. The van der Waals surface area contributed by atoms with Gasteiger partial charge in [-0.2, -0.15) is 0 Å². The number of benzene rings is 1. The molecule has 1 amide bonds. The topological polar surface area (TPSA) is 110 Å². The van der Waals surface area contributed by atoms with Gasteiger partial charge in [0.2, 0.25) is 0 Å². The molecule has 0 aliphatic heterocycles. The molecule has 32 heavy (non-hydrogen) atoms. The number of fused-ring (bicyclic) bond motifs is 2. The summed E-state index contributed by atoms with van der Waals surface area (Å²) in [6, 6.07) is 9.73. The van der Waals surface area contributed by atoms with Crippen LogP contribution in [0.2, 0.25) is 0 Å². The summed E-state index contributed by atoms with van der Waals surface area (Å²) in [5.74, 6) is -0.0416. The number of H-pyrrole nitrogens is 1. The summed E-state index contributed by atoms with van der Waals surface area (Å²) in [7, 11) is 0. The number of thiazole rings is 1. The molecule has 1 fully saturated rings. The van der Waals surface area contributed by atoms with E-state index in [4.69, 9.17) is 0 Å². The zero-order valence-corrected chi connectivity index (χ0v) is 18.5. The molecule has 3 heterocycles. The number of carbonyl (C=O) groups is 1. The first-order chi connectivity index (χ1) is 15.5. The van der Waals surface area contributed by atoms with E-state index in [-0.39, 0.29) is 28.4 Å². The molecule has 4 aromatic rings. The van der Waals surface area contributed by atoms with Crippen LogP contribution in [0.3, 0.4) is 0 Å². The van der Waals surface area contributed by atoms with E-state index in [0.717, 1.165) is 46.6 Å². The van der Waals surface area contributed by atoms with Gasteiger partial charge in [-0.1, -0.05) is 12.1 Å². The number of rotatable bonds is 7. The summed E-state index contributed by atoms with van der Waals surface area (Å²) in [5.41, 5.74) is 1.24. The van der Waals surface area contributed by atoms with Crippen molar-refractivity contribution >= 4 is 38.5 Å². The maximum absolute atomic E-state index is 13.1. The van der Waals surface area contributed by atoms with Crippen LogP contribution in [-0.4, -0.2) is 32.0 Å². The van der Waals surface area contributed by atoms with Crippen molar-refractivity contribution in [2.24, 2.45) is 0 Å². The van der Waals surface area contributed by atoms with Crippen molar-refractivity contribution in [1.82, 2.24) is 24.8 Å². The Hall–Kier alpha value is -3.33. The maximum atomic E-state index is 13.1. The first-order valence-corrected chi connectivity index (χ1v) is 11.7. The van der Waals surface area contributed by atoms with Crippen LogP contribution >= 0.6 is 11.3 Å². The minimum absolute atomic E-state index is 0.166. The first kappa shape index (κ1) is 20.6. The average molecular weight is 450 g/mol. The monoisotopic (exact) mass is 449 g/mol. The van der Waals surface area contributed by atoms with Gasteiger partial charge in [-0.3, -0.25) is 19.1 Å². The van der Waals surface area contributed by atoms with Gasteiger partial charge in [-0.05, 0) is 44.4 Å². The normalized spacial score (nSPS) is 13.7. The Balaban J connectivity index is 1.37. The molecule has 0 unspecified atom stereocenters. The molecule has 0 spiro atoms. The molecule has 1 aliphatic carbocycles. The number of aromatic nitrogens is 4. The molecule has 0 atom stereocenters. The van der Waals surface area contributed by atoms with Gasteiger partial charge in [-0.15, -0.1) is 11.3 Å². The lowest BCUT2D eigenvalue weighted by atomic mass is 10.1. The molecule has 3 aromatic heterocycles. The van der Waals surface area contributed by atoms with Crippen LogP contribution < -0.4 is 16.6 Å². The Morgan fingerprint density at radius 1 is 1.25 bits per heavy atom. The van der Waals surface area contributed by atoms with E-state index in [2.05, 4.69) is 26.3 Å². The molecule has 1 aromatic carbocycles. The molecular weight excluding hydrogens is 426 g/mol. The quantitative estimate of drug-likeness (QED) is 0.422. The van der Waals surface area contributed by atoms with E-state index in [1.807, 2.05) is 25.1 Å². The van der Waals surface area contributed by atoms with Gasteiger partial charge in [0.05, 0.1) is 26.2 Å². The van der Waals surface area contributed by atoms with E-state index in [1.165, 1.54) is 4.57 Å². The smallest absolute Gasteiger partial charge is 0.329 e. The third-order valence-electron chi connectivity index (χ3n) is 5.72. The Kier molecular flexibility index (Phi) is 5.34. The number of nitrogens with one attached hydrogen (secondary N) is 2. The van der Waals surface area contributed by atoms with E-state index >= 15 is 0 Å². The van der Waals surface area contributed by atoms with Crippen LogP contribution in [0.1, 0.15) is 53.2 Å². The Labute approximate surface area is 187 Å². The summed E-state index contributed by atoms with van der Waals surface area (Å²) in [5, 5.41) is 4.13. The maximum Gasteiger partial charge on any atom is 0.329 e. The van der Waals surface area contributed by atoms with Gasteiger partial charge in [0.25, 0.3) is 11.5 Å². The molecule has 164 valence electrons. The van der Waals surface area contributed by atoms with Crippen molar-refractivity contribution in [3.63, 3.8) is 0 Å². The Bertz CT molecular complexity index is 1410. The summed E-state index contributed by atoms with van der Waals surface area (Å²) >= 11 is 1.66. The average Bonchev–Trinajstić information content (AvgIpc) is 3.55. The number of hydrogen-bond donors (Lipinski definition) is 2. The fourth-order valence-electron chi connectivity index (χ4n) is 3.92. The molecule has 9 heteroatoms. The Morgan fingerprint density at radius 2 is 2.06 bits per heavy atom. The zero-order chi connectivity index (χ0) is 22.2. The van der Waals surface area contributed by atoms with Gasteiger partial charge in [0.1, 0.15) is 0 Å². The van der Waals surface area contributed by atoms with Crippen LogP contribution in [0.5, 0.6) is 0 Å². The van der Waals surface area contributed by atoms with Crippen LogP contribution in [0, 0.1) is 0 Å². The molecule has 0 radical (unpaired) electrons. The molecule has 2 N–H and O–H groups in total. The number of pyridine rings is 1. The molecule has 1 saturated carbocycles. The highest BCUT2D eigenvalue weighted by molar-refractivity contribution is 7.18. The van der Waals surface area contributed by atoms with Crippen LogP contribution in [-0.2, 0) is 13.0 Å². The molecule has 0 saturated heterocycles. The standard InChI is InChI=1S/C23H23N5O3S/c1-2-28-20-19(22(30)27-23(28)31)14(12-16(26-20)13-9-10-13)21(29)24-11-5-8-18-25-15-6-3-4-7-17(15)32-18/h3-4,6-7,12-13H,2,5,8-11H2,1H3,(H,24,29)(H,27,30,31). The van der Waals surface area contributed by atoms with E-state index in [9.17, 15) is 14.4 Å². The van der Waals surface area contributed by atoms with Gasteiger partial charge in [0, 0.05) is 31.1 Å². The number of aryl methyl sites for hydroxylation is 2. The summed E-state index contributed by atoms with van der Waals surface area (Å²) in [4.78, 5) is 49.4. The highest BCUT2D eigenvalue weighted by Gasteiger charge is 2.28. The van der Waals surface area contributed by atoms with Crippen molar-refractivity contribution in [2.75, 3.05) is 6.54 Å². The molecular formula is C23H23N5O3S. The second-order valence-corrected chi connectivity index (χ2v) is 9.12. The Morgan fingerprint density at radius 3 is 2.81 bits per heavy atom. The van der Waals surface area contributed by atoms with Crippen molar-refractivity contribution in [2.45, 2.75) is 45.1 Å². The number of hydrogen-bond acceptors (Lipinski definition) is 6. The number of amides is 1. The van der Waals surface area contributed by atoms with Gasteiger partial charge in [-0.25, -0.2) is 14.8 Å². The minimum Gasteiger partial charge on any atom is -0.352 e. The second-order valence-electron chi connectivity index (χ2n) is 8.01. The zero-order valence-electron chi connectivity index (χ0n) is 17.7. The van der Waals surface area contributed by atoms with Gasteiger partial charge < -0.3 is 5.32 Å². The van der Waals surface area contributed by atoms with Crippen molar-refractivity contribution in [3.8, 4) is 0 Å². The number of nitrogens with zero attached hydrogens (tertiary/aromatic N) is 3. The van der Waals surface area contributed by atoms with Crippen molar-refractivity contribution in [1.29, 1.82) is 0 Å². The molecule has 0 bridgehead atoms. The molecule has 5 rings (SSSR count). The fraction of sp³-hybridized carbons (Fsp3) is 0.348. The predicted octanol–water partition coefficient (Wildman–Crippen LogP) is 2.95. The van der Waals surface area contributed by atoms with E-state index < -0.39 is 11.2 Å². The lowest BCUT2D eigenvalue weighted by Gasteiger charge is -2.12. The predicted molar refractivity (Wildman–Crippen MR) is 125 cm³/mol. The van der Waals surface area contributed by atoms with E-state index in [0.29, 0.717) is 13.1 Å². The van der Waals surface area contributed by atoms with Gasteiger partial charge in [0.15, 0.2) is 5.65 Å².